The summed E-state index contributed by atoms with van der Waals surface area (Å²) in [5.41, 5.74) is -0.439. The first-order chi connectivity index (χ1) is 12.8. The number of rotatable bonds is 10. The lowest BCUT2D eigenvalue weighted by Gasteiger charge is -2.12. The van der Waals surface area contributed by atoms with Gasteiger partial charge in [0, 0.05) is 19.7 Å². The van der Waals surface area contributed by atoms with E-state index in [1.165, 1.54) is 0 Å². The standard InChI is InChI=1S/C18H27F3N4O2.HI/c1-4-22-18(23-8-10-27-9-7-12(2)3)24-11-15(26)25-14-6-5-13(19)16(20)17(14)21;/h5-6,12H,4,7-11H2,1-3H3,(H,25,26)(H2,22,23,24);1H. The van der Waals surface area contributed by atoms with Crippen molar-refractivity contribution in [2.45, 2.75) is 27.2 Å². The lowest BCUT2D eigenvalue weighted by Crippen LogP contribution is -2.39. The second kappa shape index (κ2) is 14.4. The number of aliphatic imine (C=N–C) groups is 1. The number of anilines is 1. The van der Waals surface area contributed by atoms with Crippen LogP contribution in [0.15, 0.2) is 17.1 Å². The Morgan fingerprint density at radius 3 is 2.50 bits per heavy atom. The Bertz CT molecular complexity index is 646. The maximum Gasteiger partial charge on any atom is 0.246 e. The van der Waals surface area contributed by atoms with Gasteiger partial charge in [0.2, 0.25) is 5.91 Å². The van der Waals surface area contributed by atoms with E-state index >= 15 is 0 Å². The fraction of sp³-hybridized carbons (Fsp3) is 0.556. The number of halogens is 4. The molecule has 1 aromatic rings. The summed E-state index contributed by atoms with van der Waals surface area (Å²) in [5.74, 6) is -4.09. The molecule has 0 heterocycles. The van der Waals surface area contributed by atoms with E-state index in [9.17, 15) is 18.0 Å². The van der Waals surface area contributed by atoms with Crippen LogP contribution in [-0.4, -0.2) is 44.7 Å². The zero-order chi connectivity index (χ0) is 20.2. The molecular formula is C18H28F3IN4O2. The normalized spacial score (nSPS) is 11.2. The van der Waals surface area contributed by atoms with E-state index in [2.05, 4.69) is 34.8 Å². The molecule has 0 fully saturated rings. The van der Waals surface area contributed by atoms with Gasteiger partial charge in [0.05, 0.1) is 12.3 Å². The average Bonchev–Trinajstić information content (AvgIpc) is 2.62. The van der Waals surface area contributed by atoms with Gasteiger partial charge >= 0.3 is 0 Å². The van der Waals surface area contributed by atoms with Gasteiger partial charge in [0.15, 0.2) is 23.4 Å². The Kier molecular flexibility index (Phi) is 13.6. The van der Waals surface area contributed by atoms with E-state index in [1.807, 2.05) is 6.92 Å². The van der Waals surface area contributed by atoms with E-state index in [1.54, 1.807) is 0 Å². The van der Waals surface area contributed by atoms with Crippen molar-refractivity contribution in [3.63, 3.8) is 0 Å². The summed E-state index contributed by atoms with van der Waals surface area (Å²) in [6.45, 7) is 8.04. The molecule has 0 saturated carbocycles. The van der Waals surface area contributed by atoms with Gasteiger partial charge in [-0.25, -0.2) is 18.2 Å². The highest BCUT2D eigenvalue weighted by atomic mass is 127. The molecular weight excluding hydrogens is 488 g/mol. The first-order valence-corrected chi connectivity index (χ1v) is 8.88. The molecule has 1 amide bonds. The molecule has 10 heteroatoms. The number of carbonyl (C=O) groups is 1. The van der Waals surface area contributed by atoms with Gasteiger partial charge < -0.3 is 20.7 Å². The number of hydrogen-bond donors (Lipinski definition) is 3. The second-order valence-electron chi connectivity index (χ2n) is 6.19. The molecule has 0 spiro atoms. The average molecular weight is 516 g/mol. The number of guanidine groups is 1. The van der Waals surface area contributed by atoms with Crippen molar-refractivity contribution in [3.05, 3.63) is 29.6 Å². The third-order valence-electron chi connectivity index (χ3n) is 3.41. The fourth-order valence-corrected chi connectivity index (χ4v) is 1.97. The fourth-order valence-electron chi connectivity index (χ4n) is 1.97. The molecule has 3 N–H and O–H groups in total. The van der Waals surface area contributed by atoms with Gasteiger partial charge in [-0.1, -0.05) is 13.8 Å². The third kappa shape index (κ3) is 10.1. The Labute approximate surface area is 180 Å². The molecule has 0 radical (unpaired) electrons. The first kappa shape index (κ1) is 26.4. The van der Waals surface area contributed by atoms with Crippen molar-refractivity contribution >= 4 is 41.5 Å². The summed E-state index contributed by atoms with van der Waals surface area (Å²) in [6.07, 6.45) is 0.981. The molecule has 0 bridgehead atoms. The predicted molar refractivity (Wildman–Crippen MR) is 115 cm³/mol. The van der Waals surface area contributed by atoms with Crippen molar-refractivity contribution in [2.24, 2.45) is 10.9 Å². The van der Waals surface area contributed by atoms with Crippen LogP contribution in [0.25, 0.3) is 0 Å². The molecule has 0 aromatic heterocycles. The number of nitrogens with one attached hydrogen (secondary N) is 3. The summed E-state index contributed by atoms with van der Waals surface area (Å²) in [5, 5.41) is 8.13. The quantitative estimate of drug-likeness (QED) is 0.147. The van der Waals surface area contributed by atoms with Crippen LogP contribution in [0.5, 0.6) is 0 Å². The molecule has 0 aliphatic rings. The third-order valence-corrected chi connectivity index (χ3v) is 3.41. The van der Waals surface area contributed by atoms with Crippen LogP contribution in [0.2, 0.25) is 0 Å². The first-order valence-electron chi connectivity index (χ1n) is 8.88. The highest BCUT2D eigenvalue weighted by Gasteiger charge is 2.15. The zero-order valence-corrected chi connectivity index (χ0v) is 18.6. The molecule has 28 heavy (non-hydrogen) atoms. The molecule has 0 saturated heterocycles. The van der Waals surface area contributed by atoms with Crippen LogP contribution >= 0.6 is 24.0 Å². The van der Waals surface area contributed by atoms with Gasteiger partial charge in [0.1, 0.15) is 6.54 Å². The molecule has 0 atom stereocenters. The van der Waals surface area contributed by atoms with Crippen molar-refractivity contribution in [3.8, 4) is 0 Å². The molecule has 6 nitrogen and oxygen atoms in total. The second-order valence-corrected chi connectivity index (χ2v) is 6.19. The van der Waals surface area contributed by atoms with Gasteiger partial charge in [-0.15, -0.1) is 24.0 Å². The summed E-state index contributed by atoms with van der Waals surface area (Å²) in [6, 6.07) is 1.69. The molecule has 1 aromatic carbocycles. The van der Waals surface area contributed by atoms with E-state index in [0.29, 0.717) is 38.2 Å². The maximum absolute atomic E-state index is 13.6. The van der Waals surface area contributed by atoms with Crippen LogP contribution in [0.4, 0.5) is 18.9 Å². The van der Waals surface area contributed by atoms with E-state index in [4.69, 9.17) is 4.74 Å². The highest BCUT2D eigenvalue weighted by molar-refractivity contribution is 14.0. The molecule has 0 unspecified atom stereocenters. The summed E-state index contributed by atoms with van der Waals surface area (Å²) in [7, 11) is 0. The lowest BCUT2D eigenvalue weighted by atomic mass is 10.1. The van der Waals surface area contributed by atoms with Crippen molar-refractivity contribution in [2.75, 3.05) is 38.2 Å². The smallest absolute Gasteiger partial charge is 0.246 e. The summed E-state index contributed by atoms with van der Waals surface area (Å²) < 4.78 is 45.1. The van der Waals surface area contributed by atoms with Crippen LogP contribution < -0.4 is 16.0 Å². The Hall–Kier alpha value is -1.56. The Morgan fingerprint density at radius 1 is 1.14 bits per heavy atom. The molecule has 1 rings (SSSR count). The monoisotopic (exact) mass is 516 g/mol. The number of nitrogens with zero attached hydrogens (tertiary/aromatic N) is 1. The van der Waals surface area contributed by atoms with Gasteiger partial charge in [-0.3, -0.25) is 4.79 Å². The van der Waals surface area contributed by atoms with Crippen molar-refractivity contribution < 1.29 is 22.7 Å². The van der Waals surface area contributed by atoms with Crippen LogP contribution in [-0.2, 0) is 9.53 Å². The molecule has 0 aliphatic heterocycles. The SMILES string of the molecule is CCNC(=NCC(=O)Nc1ccc(F)c(F)c1F)NCCOCCC(C)C.I. The minimum Gasteiger partial charge on any atom is -0.380 e. The van der Waals surface area contributed by atoms with Crippen LogP contribution in [0.3, 0.4) is 0 Å². The number of benzene rings is 1. The topological polar surface area (TPSA) is 74.8 Å². The number of hydrogen-bond acceptors (Lipinski definition) is 3. The van der Waals surface area contributed by atoms with E-state index < -0.39 is 29.0 Å². The van der Waals surface area contributed by atoms with Crippen molar-refractivity contribution in [1.29, 1.82) is 0 Å². The Morgan fingerprint density at radius 2 is 1.86 bits per heavy atom. The summed E-state index contributed by atoms with van der Waals surface area (Å²) >= 11 is 0. The molecule has 160 valence electrons. The van der Waals surface area contributed by atoms with Crippen molar-refractivity contribution in [1.82, 2.24) is 10.6 Å². The van der Waals surface area contributed by atoms with E-state index in [-0.39, 0.29) is 30.5 Å². The number of amides is 1. The molecule has 0 aliphatic carbocycles. The minimum atomic E-state index is -1.64. The lowest BCUT2D eigenvalue weighted by molar-refractivity contribution is -0.114. The van der Waals surface area contributed by atoms with Gasteiger partial charge in [-0.2, -0.15) is 0 Å². The minimum absolute atomic E-state index is 0. The largest absolute Gasteiger partial charge is 0.380 e. The van der Waals surface area contributed by atoms with Gasteiger partial charge in [-0.05, 0) is 31.4 Å². The predicted octanol–water partition coefficient (Wildman–Crippen LogP) is 3.28. The maximum atomic E-state index is 13.6. The Balaban J connectivity index is 0.00000729. The van der Waals surface area contributed by atoms with E-state index in [0.717, 1.165) is 18.6 Å². The highest BCUT2D eigenvalue weighted by Crippen LogP contribution is 2.19. The zero-order valence-electron chi connectivity index (χ0n) is 16.3. The number of carbonyl (C=O) groups excluding carboxylic acids is 1. The summed E-state index contributed by atoms with van der Waals surface area (Å²) in [4.78, 5) is 15.9. The van der Waals surface area contributed by atoms with Crippen LogP contribution in [0.1, 0.15) is 27.2 Å². The number of ether oxygens (including phenoxy) is 1. The van der Waals surface area contributed by atoms with Gasteiger partial charge in [0.25, 0.3) is 0 Å². The van der Waals surface area contributed by atoms with Crippen LogP contribution in [0, 0.1) is 23.4 Å².